The molecule has 1 saturated carbocycles. The second-order valence-corrected chi connectivity index (χ2v) is 6.01. The minimum atomic E-state index is 0.241. The molecule has 1 nitrogen and oxygen atoms in total. The molecule has 0 amide bonds. The molecule has 0 aromatic rings. The lowest BCUT2D eigenvalue weighted by molar-refractivity contribution is -0.118. The molecule has 3 unspecified atom stereocenters. The average molecular weight is 222 g/mol. The van der Waals surface area contributed by atoms with Gasteiger partial charge in [0.2, 0.25) is 0 Å². The molecule has 0 radical (unpaired) electrons. The van der Waals surface area contributed by atoms with Crippen LogP contribution in [-0.2, 0) is 4.79 Å². The second kappa shape index (κ2) is 5.65. The summed E-state index contributed by atoms with van der Waals surface area (Å²) in [5.41, 5.74) is 1.63. The summed E-state index contributed by atoms with van der Waals surface area (Å²) in [5, 5.41) is 0. The van der Waals surface area contributed by atoms with E-state index < -0.39 is 0 Å². The van der Waals surface area contributed by atoms with Crippen molar-refractivity contribution in [1.29, 1.82) is 0 Å². The molecule has 0 aromatic heterocycles. The van der Waals surface area contributed by atoms with E-state index in [0.29, 0.717) is 5.92 Å². The molecule has 1 rings (SSSR count). The third-order valence-corrected chi connectivity index (χ3v) is 4.24. The number of carbonyl (C=O) groups excluding carboxylic acids is 1. The summed E-state index contributed by atoms with van der Waals surface area (Å²) >= 11 is 0. The van der Waals surface area contributed by atoms with Gasteiger partial charge in [0.05, 0.1) is 0 Å². The van der Waals surface area contributed by atoms with E-state index in [1.165, 1.54) is 31.1 Å². The standard InChI is InChI=1S/C15H26O/c1-12(2)7-5-9-15(4)10-6-8-13(3)14(15)11-16/h7,11,13-14H,5-6,8-10H2,1-4H3. The quantitative estimate of drug-likeness (QED) is 0.510. The lowest BCUT2D eigenvalue weighted by Crippen LogP contribution is -2.37. The predicted octanol–water partition coefficient (Wildman–Crippen LogP) is 4.37. The fraction of sp³-hybridized carbons (Fsp3) is 0.800. The molecule has 0 saturated heterocycles. The maximum atomic E-state index is 11.3. The van der Waals surface area contributed by atoms with Crippen LogP contribution < -0.4 is 0 Å². The fourth-order valence-electron chi connectivity index (χ4n) is 3.14. The highest BCUT2D eigenvalue weighted by Gasteiger charge is 2.39. The van der Waals surface area contributed by atoms with E-state index >= 15 is 0 Å². The van der Waals surface area contributed by atoms with Gasteiger partial charge in [0.1, 0.15) is 6.29 Å². The van der Waals surface area contributed by atoms with Gasteiger partial charge in [-0.3, -0.25) is 0 Å². The van der Waals surface area contributed by atoms with Crippen molar-refractivity contribution in [1.82, 2.24) is 0 Å². The third kappa shape index (κ3) is 3.20. The summed E-state index contributed by atoms with van der Waals surface area (Å²) in [7, 11) is 0. The highest BCUT2D eigenvalue weighted by atomic mass is 16.1. The van der Waals surface area contributed by atoms with E-state index in [2.05, 4.69) is 33.8 Å². The fourth-order valence-corrected chi connectivity index (χ4v) is 3.14. The monoisotopic (exact) mass is 222 g/mol. The van der Waals surface area contributed by atoms with Crippen molar-refractivity contribution in [3.8, 4) is 0 Å². The Bertz CT molecular complexity index is 263. The Hall–Kier alpha value is -0.590. The first-order valence-corrected chi connectivity index (χ1v) is 6.58. The molecular weight excluding hydrogens is 196 g/mol. The Balaban J connectivity index is 2.64. The summed E-state index contributed by atoms with van der Waals surface area (Å²) in [6.07, 6.45) is 9.52. The van der Waals surface area contributed by atoms with Gasteiger partial charge in [-0.25, -0.2) is 0 Å². The predicted molar refractivity (Wildman–Crippen MR) is 69.3 cm³/mol. The summed E-state index contributed by atoms with van der Waals surface area (Å²) in [5.74, 6) is 0.842. The zero-order chi connectivity index (χ0) is 12.2. The van der Waals surface area contributed by atoms with E-state index in [9.17, 15) is 4.79 Å². The van der Waals surface area contributed by atoms with Gasteiger partial charge in [-0.15, -0.1) is 0 Å². The van der Waals surface area contributed by atoms with Crippen LogP contribution in [0.4, 0.5) is 0 Å². The first-order valence-electron chi connectivity index (χ1n) is 6.58. The topological polar surface area (TPSA) is 17.1 Å². The SMILES string of the molecule is CC(C)=CCCC1(C)CCCC(C)C1C=O. The maximum Gasteiger partial charge on any atom is 0.123 e. The zero-order valence-corrected chi connectivity index (χ0v) is 11.3. The molecule has 16 heavy (non-hydrogen) atoms. The van der Waals surface area contributed by atoms with Crippen molar-refractivity contribution in [3.05, 3.63) is 11.6 Å². The van der Waals surface area contributed by atoms with Crippen LogP contribution >= 0.6 is 0 Å². The molecule has 3 atom stereocenters. The minimum Gasteiger partial charge on any atom is -0.303 e. The molecule has 0 aliphatic heterocycles. The number of aldehydes is 1. The molecule has 1 aliphatic carbocycles. The third-order valence-electron chi connectivity index (χ3n) is 4.24. The molecule has 0 bridgehead atoms. The number of hydrogen-bond donors (Lipinski definition) is 0. The Morgan fingerprint density at radius 3 is 2.69 bits per heavy atom. The van der Waals surface area contributed by atoms with Crippen LogP contribution in [0.5, 0.6) is 0 Å². The molecule has 1 aliphatic rings. The van der Waals surface area contributed by atoms with E-state index in [-0.39, 0.29) is 11.3 Å². The molecule has 0 spiro atoms. The zero-order valence-electron chi connectivity index (χ0n) is 11.3. The van der Waals surface area contributed by atoms with Gasteiger partial charge in [0.25, 0.3) is 0 Å². The van der Waals surface area contributed by atoms with E-state index in [0.717, 1.165) is 12.8 Å². The van der Waals surface area contributed by atoms with Crippen LogP contribution in [0, 0.1) is 17.3 Å². The van der Waals surface area contributed by atoms with Crippen molar-refractivity contribution in [3.63, 3.8) is 0 Å². The van der Waals surface area contributed by atoms with Gasteiger partial charge in [0.15, 0.2) is 0 Å². The molecule has 1 fully saturated rings. The van der Waals surface area contributed by atoms with E-state index in [4.69, 9.17) is 0 Å². The first kappa shape index (κ1) is 13.5. The summed E-state index contributed by atoms with van der Waals surface area (Å²) in [4.78, 5) is 11.3. The van der Waals surface area contributed by atoms with Gasteiger partial charge in [-0.05, 0) is 50.9 Å². The minimum absolute atomic E-state index is 0.241. The van der Waals surface area contributed by atoms with Crippen LogP contribution in [0.3, 0.4) is 0 Å². The second-order valence-electron chi connectivity index (χ2n) is 6.01. The van der Waals surface area contributed by atoms with Crippen LogP contribution in [0.15, 0.2) is 11.6 Å². The summed E-state index contributed by atoms with van der Waals surface area (Å²) in [6.45, 7) is 8.82. The Morgan fingerprint density at radius 1 is 1.44 bits per heavy atom. The van der Waals surface area contributed by atoms with Crippen LogP contribution in [-0.4, -0.2) is 6.29 Å². The van der Waals surface area contributed by atoms with Gasteiger partial charge in [-0.2, -0.15) is 0 Å². The highest BCUT2D eigenvalue weighted by Crippen LogP contribution is 2.46. The van der Waals surface area contributed by atoms with Crippen LogP contribution in [0.1, 0.15) is 59.8 Å². The van der Waals surface area contributed by atoms with Gasteiger partial charge in [0, 0.05) is 5.92 Å². The molecule has 0 aromatic carbocycles. The number of allylic oxidation sites excluding steroid dienone is 2. The van der Waals surface area contributed by atoms with Gasteiger partial charge in [-0.1, -0.05) is 31.9 Å². The lowest BCUT2D eigenvalue weighted by Gasteiger charge is -2.42. The van der Waals surface area contributed by atoms with Gasteiger partial charge < -0.3 is 4.79 Å². The molecule has 0 N–H and O–H groups in total. The summed E-state index contributed by atoms with van der Waals surface area (Å²) < 4.78 is 0. The van der Waals surface area contributed by atoms with Crippen molar-refractivity contribution in [2.75, 3.05) is 0 Å². The summed E-state index contributed by atoms with van der Waals surface area (Å²) in [6, 6.07) is 0. The molecule has 1 heteroatoms. The van der Waals surface area contributed by atoms with Crippen molar-refractivity contribution in [2.24, 2.45) is 17.3 Å². The lowest BCUT2D eigenvalue weighted by atomic mass is 9.62. The Morgan fingerprint density at radius 2 is 2.12 bits per heavy atom. The molecule has 0 heterocycles. The van der Waals surface area contributed by atoms with E-state index in [1.54, 1.807) is 0 Å². The Kier molecular flexibility index (Phi) is 4.76. The van der Waals surface area contributed by atoms with Crippen LogP contribution in [0.2, 0.25) is 0 Å². The average Bonchev–Trinajstić information content (AvgIpc) is 2.17. The molecular formula is C15H26O. The largest absolute Gasteiger partial charge is 0.303 e. The number of hydrogen-bond acceptors (Lipinski definition) is 1. The number of carbonyl (C=O) groups is 1. The normalized spacial score (nSPS) is 34.5. The van der Waals surface area contributed by atoms with Crippen molar-refractivity contribution in [2.45, 2.75) is 59.8 Å². The maximum absolute atomic E-state index is 11.3. The van der Waals surface area contributed by atoms with Crippen molar-refractivity contribution < 1.29 is 4.79 Å². The van der Waals surface area contributed by atoms with Gasteiger partial charge >= 0.3 is 0 Å². The smallest absolute Gasteiger partial charge is 0.123 e. The molecule has 92 valence electrons. The number of rotatable bonds is 4. The van der Waals surface area contributed by atoms with E-state index in [1.807, 2.05) is 0 Å². The van der Waals surface area contributed by atoms with Crippen molar-refractivity contribution >= 4 is 6.29 Å². The Labute approximate surface area is 100 Å². The first-order chi connectivity index (χ1) is 7.49. The van der Waals surface area contributed by atoms with Crippen LogP contribution in [0.25, 0.3) is 0 Å². The highest BCUT2D eigenvalue weighted by molar-refractivity contribution is 5.55.